The molecule has 0 aliphatic carbocycles. The van der Waals surface area contributed by atoms with E-state index in [1.165, 1.54) is 17.8 Å². The molecule has 6 heteroatoms. The zero-order chi connectivity index (χ0) is 10.0. The Bertz CT molecular complexity index is 359. The maximum Gasteiger partial charge on any atom is 0.354 e. The number of aromatic nitrogens is 2. The lowest BCUT2D eigenvalue weighted by atomic mass is 10.4. The van der Waals surface area contributed by atoms with Crippen LogP contribution in [0, 0.1) is 0 Å². The van der Waals surface area contributed by atoms with Crippen molar-refractivity contribution in [2.24, 2.45) is 7.05 Å². The zero-order valence-electron chi connectivity index (χ0n) is 7.14. The van der Waals surface area contributed by atoms with Crippen molar-refractivity contribution in [3.63, 3.8) is 0 Å². The van der Waals surface area contributed by atoms with E-state index >= 15 is 0 Å². The first-order valence-electron chi connectivity index (χ1n) is 3.42. The van der Waals surface area contributed by atoms with Crippen molar-refractivity contribution in [3.05, 3.63) is 17.5 Å². The summed E-state index contributed by atoms with van der Waals surface area (Å²) >= 11 is 1.00. The molecule has 1 N–H and O–H groups in total. The third kappa shape index (κ3) is 1.89. The van der Waals surface area contributed by atoms with Crippen LogP contribution in [0.25, 0.3) is 0 Å². The number of rotatable bonds is 2. The van der Waals surface area contributed by atoms with Crippen LogP contribution in [0.4, 0.5) is 0 Å². The molecule has 0 unspecified atom stereocenters. The van der Waals surface area contributed by atoms with Gasteiger partial charge in [-0.1, -0.05) is 11.8 Å². The Morgan fingerprint density at radius 1 is 1.62 bits per heavy atom. The van der Waals surface area contributed by atoms with Gasteiger partial charge >= 0.3 is 5.97 Å². The number of hydrogen-bond donors (Lipinski definition) is 1. The predicted molar refractivity (Wildman–Crippen MR) is 48.0 cm³/mol. The van der Waals surface area contributed by atoms with E-state index in [0.717, 1.165) is 11.8 Å². The van der Waals surface area contributed by atoms with E-state index in [9.17, 15) is 9.59 Å². The van der Waals surface area contributed by atoms with Crippen LogP contribution in [0.5, 0.6) is 0 Å². The maximum atomic E-state index is 11.1. The summed E-state index contributed by atoms with van der Waals surface area (Å²) in [7, 11) is 1.49. The zero-order valence-corrected chi connectivity index (χ0v) is 7.96. The van der Waals surface area contributed by atoms with E-state index in [0.29, 0.717) is 0 Å². The lowest BCUT2D eigenvalue weighted by molar-refractivity contribution is 0.0685. The summed E-state index contributed by atoms with van der Waals surface area (Å²) in [5.74, 6) is -1.09. The molecular weight excluding hydrogens is 192 g/mol. The Balaban J connectivity index is 3.09. The Labute approximate surface area is 78.7 Å². The second-order valence-corrected chi connectivity index (χ2v) is 3.11. The van der Waals surface area contributed by atoms with Crippen molar-refractivity contribution in [1.29, 1.82) is 0 Å². The first-order valence-corrected chi connectivity index (χ1v) is 4.64. The van der Waals surface area contributed by atoms with Gasteiger partial charge in [-0.3, -0.25) is 9.48 Å². The van der Waals surface area contributed by atoms with Crippen molar-refractivity contribution in [2.45, 2.75) is 0 Å². The first-order chi connectivity index (χ1) is 6.06. The molecule has 0 aromatic carbocycles. The minimum atomic E-state index is -1.09. The molecule has 1 aromatic heterocycles. The highest BCUT2D eigenvalue weighted by atomic mass is 32.2. The van der Waals surface area contributed by atoms with Gasteiger partial charge in [-0.2, -0.15) is 5.10 Å². The van der Waals surface area contributed by atoms with Crippen LogP contribution in [0.3, 0.4) is 0 Å². The molecule has 0 amide bonds. The number of nitrogens with zero attached hydrogens (tertiary/aromatic N) is 2. The normalized spacial score (nSPS) is 10.0. The molecule has 1 heterocycles. The molecule has 1 aromatic rings. The molecule has 0 bridgehead atoms. The third-order valence-electron chi connectivity index (χ3n) is 1.49. The molecule has 0 aliphatic rings. The van der Waals surface area contributed by atoms with E-state index < -0.39 is 5.97 Å². The van der Waals surface area contributed by atoms with Gasteiger partial charge in [0.05, 0.1) is 0 Å². The lowest BCUT2D eigenvalue weighted by Gasteiger charge is -1.91. The molecule has 0 fully saturated rings. The molecule has 0 saturated heterocycles. The quantitative estimate of drug-likeness (QED) is 0.757. The highest BCUT2D eigenvalue weighted by molar-refractivity contribution is 8.13. The van der Waals surface area contributed by atoms with E-state index in [2.05, 4.69) is 5.10 Å². The Hall–Kier alpha value is -1.30. The van der Waals surface area contributed by atoms with Crippen LogP contribution in [-0.4, -0.2) is 32.2 Å². The first kappa shape index (κ1) is 9.79. The van der Waals surface area contributed by atoms with E-state index in [1.807, 2.05) is 0 Å². The van der Waals surface area contributed by atoms with Crippen molar-refractivity contribution >= 4 is 22.8 Å². The number of aryl methyl sites for hydroxylation is 1. The molecule has 70 valence electrons. The van der Waals surface area contributed by atoms with Gasteiger partial charge in [-0.25, -0.2) is 4.79 Å². The summed E-state index contributed by atoms with van der Waals surface area (Å²) in [6.45, 7) is 0. The largest absolute Gasteiger partial charge is 0.477 e. The van der Waals surface area contributed by atoms with Gasteiger partial charge in [-0.05, 0) is 6.26 Å². The van der Waals surface area contributed by atoms with E-state index in [4.69, 9.17) is 5.11 Å². The minimum absolute atomic E-state index is 0.0115. The molecule has 13 heavy (non-hydrogen) atoms. The summed E-state index contributed by atoms with van der Waals surface area (Å²) in [6.07, 6.45) is 1.62. The number of carbonyl (C=O) groups is 2. The average Bonchev–Trinajstić information content (AvgIpc) is 2.46. The predicted octanol–water partition coefficient (Wildman–Crippen LogP) is 0.621. The van der Waals surface area contributed by atoms with Gasteiger partial charge in [0.1, 0.15) is 11.4 Å². The fraction of sp³-hybridized carbons (Fsp3) is 0.286. The smallest absolute Gasteiger partial charge is 0.354 e. The lowest BCUT2D eigenvalue weighted by Crippen LogP contribution is -2.04. The summed E-state index contributed by atoms with van der Waals surface area (Å²) in [6, 6.07) is 1.27. The van der Waals surface area contributed by atoms with E-state index in [-0.39, 0.29) is 16.5 Å². The van der Waals surface area contributed by atoms with Crippen LogP contribution in [0.2, 0.25) is 0 Å². The van der Waals surface area contributed by atoms with Crippen LogP contribution in [0.1, 0.15) is 21.0 Å². The van der Waals surface area contributed by atoms with Gasteiger partial charge in [0.15, 0.2) is 0 Å². The summed E-state index contributed by atoms with van der Waals surface area (Å²) in [5, 5.41) is 12.2. The standard InChI is InChI=1S/C7H8N2O3S/c1-9-5(6(10)11)3-4(8-9)7(12)13-2/h3H,1-2H3,(H,10,11). The summed E-state index contributed by atoms with van der Waals surface area (Å²) in [5.41, 5.74) is 0.185. The molecule has 1 rings (SSSR count). The number of carboxylic acids is 1. The number of aromatic carboxylic acids is 1. The third-order valence-corrected chi connectivity index (χ3v) is 2.07. The Morgan fingerprint density at radius 2 is 2.23 bits per heavy atom. The number of carboxylic acid groups (broad SMARTS) is 1. The molecule has 0 saturated carbocycles. The molecule has 0 spiro atoms. The summed E-state index contributed by atoms with van der Waals surface area (Å²) < 4.78 is 1.17. The van der Waals surface area contributed by atoms with Crippen LogP contribution in [-0.2, 0) is 7.05 Å². The average molecular weight is 200 g/mol. The van der Waals surface area contributed by atoms with Gasteiger partial charge in [0, 0.05) is 13.1 Å². The fourth-order valence-corrected chi connectivity index (χ4v) is 1.18. The van der Waals surface area contributed by atoms with Crippen molar-refractivity contribution in [1.82, 2.24) is 9.78 Å². The SMILES string of the molecule is CSC(=O)c1cc(C(=O)O)n(C)n1. The molecule has 0 aliphatic heterocycles. The second kappa shape index (κ2) is 3.61. The van der Waals surface area contributed by atoms with Crippen molar-refractivity contribution in [3.8, 4) is 0 Å². The van der Waals surface area contributed by atoms with Gasteiger partial charge in [-0.15, -0.1) is 0 Å². The van der Waals surface area contributed by atoms with Crippen LogP contribution >= 0.6 is 11.8 Å². The number of hydrogen-bond acceptors (Lipinski definition) is 4. The van der Waals surface area contributed by atoms with Gasteiger partial charge in [0.2, 0.25) is 5.12 Å². The molecule has 0 atom stereocenters. The molecular formula is C7H8N2O3S. The number of thioether (sulfide) groups is 1. The van der Waals surface area contributed by atoms with Crippen LogP contribution < -0.4 is 0 Å². The van der Waals surface area contributed by atoms with Crippen molar-refractivity contribution in [2.75, 3.05) is 6.26 Å². The van der Waals surface area contributed by atoms with E-state index in [1.54, 1.807) is 6.26 Å². The summed E-state index contributed by atoms with van der Waals surface area (Å²) in [4.78, 5) is 21.7. The van der Waals surface area contributed by atoms with Gasteiger partial charge in [0.25, 0.3) is 0 Å². The topological polar surface area (TPSA) is 72.2 Å². The second-order valence-electron chi connectivity index (χ2n) is 2.34. The maximum absolute atomic E-state index is 11.1. The minimum Gasteiger partial charge on any atom is -0.477 e. The fourth-order valence-electron chi connectivity index (χ4n) is 0.872. The Morgan fingerprint density at radius 3 is 2.62 bits per heavy atom. The molecule has 5 nitrogen and oxygen atoms in total. The Kier molecular flexibility index (Phi) is 2.72. The van der Waals surface area contributed by atoms with Crippen LogP contribution in [0.15, 0.2) is 6.07 Å². The monoisotopic (exact) mass is 200 g/mol. The van der Waals surface area contributed by atoms with Crippen molar-refractivity contribution < 1.29 is 14.7 Å². The highest BCUT2D eigenvalue weighted by Crippen LogP contribution is 2.09. The highest BCUT2D eigenvalue weighted by Gasteiger charge is 2.15. The van der Waals surface area contributed by atoms with Gasteiger partial charge < -0.3 is 5.11 Å². The molecule has 0 radical (unpaired) electrons. The number of carbonyl (C=O) groups excluding carboxylic acids is 1.